The maximum absolute atomic E-state index is 11.5. The van der Waals surface area contributed by atoms with Crippen LogP contribution >= 0.6 is 0 Å². The fourth-order valence-electron chi connectivity index (χ4n) is 4.00. The first-order chi connectivity index (χ1) is 14.3. The van der Waals surface area contributed by atoms with E-state index in [0.29, 0.717) is 5.56 Å². The van der Waals surface area contributed by atoms with Crippen molar-refractivity contribution in [2.45, 2.75) is 53.4 Å². The quantitative estimate of drug-likeness (QED) is 0.411. The van der Waals surface area contributed by atoms with Crippen molar-refractivity contribution in [3.63, 3.8) is 0 Å². The van der Waals surface area contributed by atoms with Crippen molar-refractivity contribution in [2.24, 2.45) is 0 Å². The van der Waals surface area contributed by atoms with Crippen LogP contribution in [0.2, 0.25) is 0 Å². The summed E-state index contributed by atoms with van der Waals surface area (Å²) in [5.74, 6) is 0.210. The van der Waals surface area contributed by atoms with Crippen molar-refractivity contribution in [2.75, 3.05) is 0 Å². The summed E-state index contributed by atoms with van der Waals surface area (Å²) in [6, 6.07) is 11.7. The molecule has 0 aliphatic heterocycles. The molecule has 0 radical (unpaired) electrons. The van der Waals surface area contributed by atoms with Crippen molar-refractivity contribution in [1.29, 1.82) is 0 Å². The van der Waals surface area contributed by atoms with E-state index in [0.717, 1.165) is 70.3 Å². The van der Waals surface area contributed by atoms with Crippen molar-refractivity contribution >= 4 is 5.57 Å². The van der Waals surface area contributed by atoms with E-state index in [1.807, 2.05) is 57.2 Å². The van der Waals surface area contributed by atoms with Crippen LogP contribution in [-0.4, -0.2) is 15.2 Å². The number of pyridine rings is 1. The summed E-state index contributed by atoms with van der Waals surface area (Å²) in [7, 11) is 0. The zero-order valence-electron chi connectivity index (χ0n) is 18.4. The summed E-state index contributed by atoms with van der Waals surface area (Å²) in [5, 5.41) is 22.5. The second-order valence-corrected chi connectivity index (χ2v) is 8.13. The molecular formula is C27H31NO2. The minimum absolute atomic E-state index is 0.0987. The Morgan fingerprint density at radius 1 is 1.00 bits per heavy atom. The molecule has 3 aromatic rings. The molecule has 156 valence electrons. The molecule has 0 atom stereocenters. The van der Waals surface area contributed by atoms with E-state index in [9.17, 15) is 10.2 Å². The Bertz CT molecular complexity index is 1080. The molecule has 0 fully saturated rings. The highest BCUT2D eigenvalue weighted by atomic mass is 16.3. The number of aromatic hydroxyl groups is 2. The molecule has 0 bridgehead atoms. The smallest absolute Gasteiger partial charge is 0.135 e. The van der Waals surface area contributed by atoms with Gasteiger partial charge in [-0.2, -0.15) is 0 Å². The number of nitrogens with zero attached hydrogens (tertiary/aromatic N) is 1. The maximum Gasteiger partial charge on any atom is 0.135 e. The summed E-state index contributed by atoms with van der Waals surface area (Å²) < 4.78 is 0. The standard InChI is InChI=1S/C27H31NO2/c1-6-7-8-9-20-16-24(29)26(23-14-18(4)10-11-22(23)17(2)3)27(30)25(20)21-12-13-28-19(5)15-21/h10-16,29-30H,2,6-9H2,1,3-5H3. The molecule has 2 aromatic carbocycles. The van der Waals surface area contributed by atoms with E-state index < -0.39 is 0 Å². The molecule has 30 heavy (non-hydrogen) atoms. The summed E-state index contributed by atoms with van der Waals surface area (Å²) >= 11 is 0. The molecule has 0 saturated carbocycles. The SMILES string of the molecule is C=C(C)c1ccc(C)cc1-c1c(O)cc(CCCCC)c(-c2ccnc(C)c2)c1O. The molecule has 0 aliphatic carbocycles. The van der Waals surface area contributed by atoms with Crippen LogP contribution in [0.3, 0.4) is 0 Å². The first kappa shape index (κ1) is 21.6. The molecule has 3 nitrogen and oxygen atoms in total. The molecule has 0 aliphatic rings. The number of aryl methyl sites for hydroxylation is 3. The van der Waals surface area contributed by atoms with Crippen LogP contribution in [0.5, 0.6) is 11.5 Å². The summed E-state index contributed by atoms with van der Waals surface area (Å²) in [6.07, 6.45) is 5.79. The molecule has 0 amide bonds. The topological polar surface area (TPSA) is 53.4 Å². The average Bonchev–Trinajstić information content (AvgIpc) is 2.68. The monoisotopic (exact) mass is 401 g/mol. The largest absolute Gasteiger partial charge is 0.507 e. The highest BCUT2D eigenvalue weighted by molar-refractivity contribution is 5.92. The lowest BCUT2D eigenvalue weighted by Gasteiger charge is -2.20. The van der Waals surface area contributed by atoms with Gasteiger partial charge < -0.3 is 10.2 Å². The van der Waals surface area contributed by atoms with E-state index in [4.69, 9.17) is 0 Å². The van der Waals surface area contributed by atoms with Crippen LogP contribution in [0.15, 0.2) is 49.2 Å². The van der Waals surface area contributed by atoms with Gasteiger partial charge in [-0.25, -0.2) is 0 Å². The van der Waals surface area contributed by atoms with Crippen LogP contribution in [0.25, 0.3) is 27.8 Å². The molecule has 0 spiro atoms. The van der Waals surface area contributed by atoms with Gasteiger partial charge in [0, 0.05) is 17.5 Å². The van der Waals surface area contributed by atoms with Crippen LogP contribution < -0.4 is 0 Å². The molecule has 3 heteroatoms. The molecule has 1 aromatic heterocycles. The van der Waals surface area contributed by atoms with Crippen molar-refractivity contribution in [3.05, 3.63) is 71.6 Å². The van der Waals surface area contributed by atoms with Gasteiger partial charge in [-0.1, -0.05) is 55.7 Å². The van der Waals surface area contributed by atoms with E-state index in [2.05, 4.69) is 18.5 Å². The Morgan fingerprint density at radius 2 is 1.77 bits per heavy atom. The van der Waals surface area contributed by atoms with E-state index in [-0.39, 0.29) is 11.5 Å². The number of hydrogen-bond acceptors (Lipinski definition) is 3. The van der Waals surface area contributed by atoms with Gasteiger partial charge in [-0.3, -0.25) is 4.98 Å². The van der Waals surface area contributed by atoms with Gasteiger partial charge in [0.05, 0.1) is 5.56 Å². The lowest BCUT2D eigenvalue weighted by Crippen LogP contribution is -1.97. The van der Waals surface area contributed by atoms with Gasteiger partial charge in [0.1, 0.15) is 11.5 Å². The molecule has 2 N–H and O–H groups in total. The van der Waals surface area contributed by atoms with Gasteiger partial charge in [-0.15, -0.1) is 0 Å². The van der Waals surface area contributed by atoms with Gasteiger partial charge in [0.2, 0.25) is 0 Å². The predicted molar refractivity (Wildman–Crippen MR) is 126 cm³/mol. The number of rotatable bonds is 7. The third kappa shape index (κ3) is 4.40. The minimum Gasteiger partial charge on any atom is -0.507 e. The number of allylic oxidation sites excluding steroid dienone is 1. The highest BCUT2D eigenvalue weighted by Crippen LogP contribution is 2.48. The fourth-order valence-corrected chi connectivity index (χ4v) is 4.00. The van der Waals surface area contributed by atoms with Crippen LogP contribution in [0, 0.1) is 13.8 Å². The van der Waals surface area contributed by atoms with Gasteiger partial charge in [0.15, 0.2) is 0 Å². The maximum atomic E-state index is 11.5. The number of aromatic nitrogens is 1. The Labute approximate surface area is 179 Å². The van der Waals surface area contributed by atoms with Gasteiger partial charge >= 0.3 is 0 Å². The Balaban J connectivity index is 2.30. The van der Waals surface area contributed by atoms with Crippen molar-refractivity contribution < 1.29 is 10.2 Å². The van der Waals surface area contributed by atoms with Crippen LogP contribution in [0.4, 0.5) is 0 Å². The second kappa shape index (κ2) is 9.17. The number of unbranched alkanes of at least 4 members (excludes halogenated alkanes) is 2. The van der Waals surface area contributed by atoms with Crippen molar-refractivity contribution in [3.8, 4) is 33.8 Å². The second-order valence-electron chi connectivity index (χ2n) is 8.13. The highest BCUT2D eigenvalue weighted by Gasteiger charge is 2.22. The lowest BCUT2D eigenvalue weighted by molar-refractivity contribution is 0.454. The number of hydrogen-bond donors (Lipinski definition) is 2. The Morgan fingerprint density at radius 3 is 2.43 bits per heavy atom. The normalized spacial score (nSPS) is 10.9. The third-order valence-electron chi connectivity index (χ3n) is 5.50. The average molecular weight is 402 g/mol. The van der Waals surface area contributed by atoms with Crippen LogP contribution in [-0.2, 0) is 6.42 Å². The van der Waals surface area contributed by atoms with Crippen molar-refractivity contribution in [1.82, 2.24) is 4.98 Å². The lowest BCUT2D eigenvalue weighted by atomic mass is 9.87. The molecule has 0 unspecified atom stereocenters. The van der Waals surface area contributed by atoms with Crippen LogP contribution in [0.1, 0.15) is 55.5 Å². The third-order valence-corrected chi connectivity index (χ3v) is 5.50. The zero-order valence-corrected chi connectivity index (χ0v) is 18.4. The molecular weight excluding hydrogens is 370 g/mol. The fraction of sp³-hybridized carbons (Fsp3) is 0.296. The number of phenols is 2. The first-order valence-electron chi connectivity index (χ1n) is 10.6. The molecule has 3 rings (SSSR count). The first-order valence-corrected chi connectivity index (χ1v) is 10.6. The summed E-state index contributed by atoms with van der Waals surface area (Å²) in [5.41, 5.74) is 7.65. The Hall–Kier alpha value is -3.07. The molecule has 0 saturated heterocycles. The van der Waals surface area contributed by atoms with E-state index in [1.165, 1.54) is 0 Å². The van der Waals surface area contributed by atoms with E-state index in [1.54, 1.807) is 6.20 Å². The number of benzene rings is 2. The predicted octanol–water partition coefficient (Wildman–Crippen LogP) is 7.21. The Kier molecular flexibility index (Phi) is 6.61. The van der Waals surface area contributed by atoms with Gasteiger partial charge in [0.25, 0.3) is 0 Å². The number of phenolic OH excluding ortho intramolecular Hbond substituents is 2. The summed E-state index contributed by atoms with van der Waals surface area (Å²) in [4.78, 5) is 4.30. The van der Waals surface area contributed by atoms with Gasteiger partial charge in [-0.05, 0) is 74.1 Å². The minimum atomic E-state index is 0.0987. The zero-order chi connectivity index (χ0) is 21.8. The molecule has 1 heterocycles. The summed E-state index contributed by atoms with van der Waals surface area (Å²) in [6.45, 7) is 12.1. The van der Waals surface area contributed by atoms with E-state index >= 15 is 0 Å².